The molecule has 2 heterocycles. The first-order valence-electron chi connectivity index (χ1n) is 7.72. The topological polar surface area (TPSA) is 55.9 Å². The van der Waals surface area contributed by atoms with Crippen molar-refractivity contribution in [3.63, 3.8) is 0 Å². The van der Waals surface area contributed by atoms with Gasteiger partial charge in [0.1, 0.15) is 0 Å². The molecule has 1 aromatic carbocycles. The van der Waals surface area contributed by atoms with Crippen molar-refractivity contribution in [3.8, 4) is 0 Å². The van der Waals surface area contributed by atoms with E-state index in [0.29, 0.717) is 0 Å². The molecule has 1 fully saturated rings. The molecule has 6 nitrogen and oxygen atoms in total. The minimum Gasteiger partial charge on any atom is -0.304 e. The smallest absolute Gasteiger partial charge is 0.304 e. The fourth-order valence-corrected chi connectivity index (χ4v) is 3.09. The SMILES string of the molecule is CC1Cc2ccccc2N1C(=O)C(=O)NN1CCN(C)CC1. The maximum Gasteiger partial charge on any atom is 0.324 e. The molecule has 2 aliphatic heterocycles. The molecular formula is C16H22N4O2. The Labute approximate surface area is 130 Å². The van der Waals surface area contributed by atoms with E-state index in [1.165, 1.54) is 0 Å². The van der Waals surface area contributed by atoms with E-state index in [4.69, 9.17) is 0 Å². The summed E-state index contributed by atoms with van der Waals surface area (Å²) in [5, 5.41) is 1.83. The van der Waals surface area contributed by atoms with Gasteiger partial charge in [0.05, 0.1) is 0 Å². The van der Waals surface area contributed by atoms with Gasteiger partial charge in [-0.2, -0.15) is 0 Å². The lowest BCUT2D eigenvalue weighted by molar-refractivity contribution is -0.141. The Morgan fingerprint density at radius 2 is 1.82 bits per heavy atom. The van der Waals surface area contributed by atoms with Crippen molar-refractivity contribution in [2.24, 2.45) is 0 Å². The summed E-state index contributed by atoms with van der Waals surface area (Å²) in [5.41, 5.74) is 4.72. The number of rotatable bonds is 1. The Morgan fingerprint density at radius 3 is 2.55 bits per heavy atom. The molecule has 6 heteroatoms. The van der Waals surface area contributed by atoms with Crippen molar-refractivity contribution in [1.82, 2.24) is 15.3 Å². The van der Waals surface area contributed by atoms with E-state index in [0.717, 1.165) is 43.9 Å². The fraction of sp³-hybridized carbons (Fsp3) is 0.500. The van der Waals surface area contributed by atoms with Gasteiger partial charge in [-0.1, -0.05) is 18.2 Å². The van der Waals surface area contributed by atoms with Crippen LogP contribution in [0.1, 0.15) is 12.5 Å². The van der Waals surface area contributed by atoms with Crippen molar-refractivity contribution >= 4 is 17.5 Å². The molecule has 0 bridgehead atoms. The number of hydrogen-bond donors (Lipinski definition) is 1. The van der Waals surface area contributed by atoms with Gasteiger partial charge in [-0.05, 0) is 32.0 Å². The quantitative estimate of drug-likeness (QED) is 0.755. The summed E-state index contributed by atoms with van der Waals surface area (Å²) in [5.74, 6) is -1.02. The summed E-state index contributed by atoms with van der Waals surface area (Å²) in [6.45, 7) is 5.22. The van der Waals surface area contributed by atoms with E-state index in [-0.39, 0.29) is 6.04 Å². The van der Waals surface area contributed by atoms with E-state index in [1.807, 2.05) is 43.2 Å². The van der Waals surface area contributed by atoms with Crippen molar-refractivity contribution in [2.75, 3.05) is 38.1 Å². The van der Waals surface area contributed by atoms with Crippen LogP contribution in [-0.2, 0) is 16.0 Å². The average Bonchev–Trinajstić information content (AvgIpc) is 2.84. The second kappa shape index (κ2) is 6.06. The Hall–Kier alpha value is -1.92. The first kappa shape index (κ1) is 15.0. The van der Waals surface area contributed by atoms with Crippen molar-refractivity contribution in [1.29, 1.82) is 0 Å². The summed E-state index contributed by atoms with van der Waals surface area (Å²) >= 11 is 0. The second-order valence-corrected chi connectivity index (χ2v) is 6.09. The number of hydrogen-bond acceptors (Lipinski definition) is 4. The monoisotopic (exact) mass is 302 g/mol. The maximum absolute atomic E-state index is 12.5. The van der Waals surface area contributed by atoms with E-state index >= 15 is 0 Å². The van der Waals surface area contributed by atoms with Crippen LogP contribution in [0.4, 0.5) is 5.69 Å². The van der Waals surface area contributed by atoms with Crippen LogP contribution in [-0.4, -0.2) is 61.0 Å². The first-order valence-corrected chi connectivity index (χ1v) is 7.72. The van der Waals surface area contributed by atoms with Crippen LogP contribution in [0, 0.1) is 0 Å². The van der Waals surface area contributed by atoms with Crippen LogP contribution >= 0.6 is 0 Å². The molecule has 118 valence electrons. The molecule has 2 amide bonds. The van der Waals surface area contributed by atoms with Gasteiger partial charge in [-0.3, -0.25) is 15.0 Å². The van der Waals surface area contributed by atoms with Gasteiger partial charge in [0.25, 0.3) is 0 Å². The lowest BCUT2D eigenvalue weighted by Crippen LogP contribution is -2.56. The number of nitrogens with one attached hydrogen (secondary N) is 1. The second-order valence-electron chi connectivity index (χ2n) is 6.09. The maximum atomic E-state index is 12.5. The van der Waals surface area contributed by atoms with Gasteiger partial charge < -0.3 is 9.80 Å². The number of carbonyl (C=O) groups excluding carboxylic acids is 2. The lowest BCUT2D eigenvalue weighted by Gasteiger charge is -2.32. The van der Waals surface area contributed by atoms with E-state index in [9.17, 15) is 9.59 Å². The van der Waals surface area contributed by atoms with Crippen molar-refractivity contribution in [3.05, 3.63) is 29.8 Å². The number of fused-ring (bicyclic) bond motifs is 1. The van der Waals surface area contributed by atoms with Gasteiger partial charge in [0.15, 0.2) is 0 Å². The third-order valence-electron chi connectivity index (χ3n) is 4.38. The average molecular weight is 302 g/mol. The van der Waals surface area contributed by atoms with Crippen molar-refractivity contribution in [2.45, 2.75) is 19.4 Å². The van der Waals surface area contributed by atoms with E-state index in [1.54, 1.807) is 4.90 Å². The Kier molecular flexibility index (Phi) is 4.13. The van der Waals surface area contributed by atoms with Gasteiger partial charge >= 0.3 is 11.8 Å². The molecule has 0 aromatic heterocycles. The fourth-order valence-electron chi connectivity index (χ4n) is 3.09. The van der Waals surface area contributed by atoms with Gasteiger partial charge in [-0.15, -0.1) is 0 Å². The predicted molar refractivity (Wildman–Crippen MR) is 84.3 cm³/mol. The van der Waals surface area contributed by atoms with Gasteiger partial charge in [0.2, 0.25) is 0 Å². The Morgan fingerprint density at radius 1 is 1.14 bits per heavy atom. The number of anilines is 1. The summed E-state index contributed by atoms with van der Waals surface area (Å²) in [6, 6.07) is 7.79. The summed E-state index contributed by atoms with van der Waals surface area (Å²) < 4.78 is 0. The number of para-hydroxylation sites is 1. The largest absolute Gasteiger partial charge is 0.324 e. The highest BCUT2D eigenvalue weighted by molar-refractivity contribution is 6.40. The molecule has 22 heavy (non-hydrogen) atoms. The van der Waals surface area contributed by atoms with Crippen LogP contribution < -0.4 is 10.3 Å². The Balaban J connectivity index is 1.67. The lowest BCUT2D eigenvalue weighted by atomic mass is 10.1. The predicted octanol–water partition coefficient (Wildman–Crippen LogP) is 0.243. The molecule has 1 N–H and O–H groups in total. The zero-order chi connectivity index (χ0) is 15.7. The number of benzene rings is 1. The van der Waals surface area contributed by atoms with Crippen LogP contribution in [0.15, 0.2) is 24.3 Å². The molecular weight excluding hydrogens is 280 g/mol. The number of amides is 2. The van der Waals surface area contributed by atoms with Crippen LogP contribution in [0.2, 0.25) is 0 Å². The van der Waals surface area contributed by atoms with E-state index in [2.05, 4.69) is 10.3 Å². The molecule has 0 spiro atoms. The molecule has 0 aliphatic carbocycles. The number of nitrogens with zero attached hydrogens (tertiary/aromatic N) is 3. The highest BCUT2D eigenvalue weighted by Crippen LogP contribution is 2.31. The summed E-state index contributed by atoms with van der Waals surface area (Å²) in [6.07, 6.45) is 0.795. The molecule has 1 saturated heterocycles. The van der Waals surface area contributed by atoms with Crippen LogP contribution in [0.5, 0.6) is 0 Å². The number of carbonyl (C=O) groups is 2. The molecule has 1 unspecified atom stereocenters. The zero-order valence-corrected chi connectivity index (χ0v) is 13.1. The number of hydrazine groups is 1. The molecule has 3 rings (SSSR count). The van der Waals surface area contributed by atoms with Crippen molar-refractivity contribution < 1.29 is 9.59 Å². The molecule has 1 atom stereocenters. The van der Waals surface area contributed by atoms with Crippen LogP contribution in [0.25, 0.3) is 0 Å². The number of piperazine rings is 1. The Bertz CT molecular complexity index is 581. The molecule has 0 radical (unpaired) electrons. The van der Waals surface area contributed by atoms with Crippen LogP contribution in [0.3, 0.4) is 0 Å². The third kappa shape index (κ3) is 2.84. The molecule has 0 saturated carbocycles. The standard InChI is InChI=1S/C16H22N4O2/c1-12-11-13-5-3-4-6-14(13)20(12)16(22)15(21)17-19-9-7-18(2)8-10-19/h3-6,12H,7-11H2,1-2H3,(H,17,21). The highest BCUT2D eigenvalue weighted by Gasteiger charge is 2.34. The van der Waals surface area contributed by atoms with Gasteiger partial charge in [0, 0.05) is 37.9 Å². The summed E-state index contributed by atoms with van der Waals surface area (Å²) in [7, 11) is 2.05. The highest BCUT2D eigenvalue weighted by atomic mass is 16.2. The third-order valence-corrected chi connectivity index (χ3v) is 4.38. The number of likely N-dealkylation sites (N-methyl/N-ethyl adjacent to an activating group) is 1. The minimum absolute atomic E-state index is 0.0168. The summed E-state index contributed by atoms with van der Waals surface area (Å²) in [4.78, 5) is 28.6. The molecule has 1 aromatic rings. The minimum atomic E-state index is -0.548. The van der Waals surface area contributed by atoms with E-state index < -0.39 is 11.8 Å². The molecule has 2 aliphatic rings. The van der Waals surface area contributed by atoms with Gasteiger partial charge in [-0.25, -0.2) is 5.01 Å². The zero-order valence-electron chi connectivity index (χ0n) is 13.1. The normalized spacial score (nSPS) is 22.5. The first-order chi connectivity index (χ1) is 10.6.